The molecular formula is C20H32N2O4S2. The van der Waals surface area contributed by atoms with Gasteiger partial charge in [0.25, 0.3) is 5.91 Å². The summed E-state index contributed by atoms with van der Waals surface area (Å²) in [5.41, 5.74) is 0.249. The Labute approximate surface area is 173 Å². The topological polar surface area (TPSA) is 75.7 Å². The highest BCUT2D eigenvalue weighted by molar-refractivity contribution is 8.00. The third-order valence-electron chi connectivity index (χ3n) is 4.54. The van der Waals surface area contributed by atoms with Crippen molar-refractivity contribution in [1.82, 2.24) is 9.62 Å². The molecule has 1 aliphatic heterocycles. The van der Waals surface area contributed by atoms with Gasteiger partial charge in [-0.1, -0.05) is 33.6 Å². The molecule has 1 amide bonds. The number of carbonyl (C=O) groups excluding carboxylic acids is 1. The summed E-state index contributed by atoms with van der Waals surface area (Å²) in [5, 5.41) is 2.87. The van der Waals surface area contributed by atoms with Gasteiger partial charge in [0, 0.05) is 30.1 Å². The van der Waals surface area contributed by atoms with E-state index in [0.29, 0.717) is 25.4 Å². The van der Waals surface area contributed by atoms with Crippen LogP contribution >= 0.6 is 11.8 Å². The summed E-state index contributed by atoms with van der Waals surface area (Å²) in [7, 11) is -2.14. The molecule has 1 saturated heterocycles. The largest absolute Gasteiger partial charge is 0.496 e. The second-order valence-corrected chi connectivity index (χ2v) is 11.8. The van der Waals surface area contributed by atoms with Crippen LogP contribution in [0.5, 0.6) is 5.75 Å². The van der Waals surface area contributed by atoms with E-state index in [1.807, 2.05) is 0 Å². The van der Waals surface area contributed by atoms with E-state index in [1.165, 1.54) is 23.5 Å². The van der Waals surface area contributed by atoms with Gasteiger partial charge in [0.2, 0.25) is 10.0 Å². The van der Waals surface area contributed by atoms with Crippen LogP contribution < -0.4 is 10.1 Å². The number of methoxy groups -OCH3 is 1. The van der Waals surface area contributed by atoms with Crippen LogP contribution in [0, 0.1) is 0 Å². The van der Waals surface area contributed by atoms with Crippen LogP contribution in [0.2, 0.25) is 0 Å². The van der Waals surface area contributed by atoms with Crippen LogP contribution in [0.1, 0.15) is 56.8 Å². The van der Waals surface area contributed by atoms with Crippen LogP contribution in [0.25, 0.3) is 0 Å². The zero-order valence-corrected chi connectivity index (χ0v) is 18.9. The lowest BCUT2D eigenvalue weighted by Gasteiger charge is -2.21. The second kappa shape index (κ2) is 9.98. The molecule has 0 unspecified atom stereocenters. The maximum Gasteiger partial charge on any atom is 0.255 e. The lowest BCUT2D eigenvalue weighted by Crippen LogP contribution is -2.32. The number of hydrogen-bond acceptors (Lipinski definition) is 5. The van der Waals surface area contributed by atoms with Gasteiger partial charge >= 0.3 is 0 Å². The number of ether oxygens (including phenoxy) is 1. The van der Waals surface area contributed by atoms with E-state index in [0.717, 1.165) is 31.4 Å². The van der Waals surface area contributed by atoms with Crippen molar-refractivity contribution < 1.29 is 17.9 Å². The molecule has 0 radical (unpaired) electrons. The van der Waals surface area contributed by atoms with E-state index < -0.39 is 10.0 Å². The summed E-state index contributed by atoms with van der Waals surface area (Å²) in [6, 6.07) is 4.51. The van der Waals surface area contributed by atoms with Crippen molar-refractivity contribution in [2.24, 2.45) is 0 Å². The molecule has 1 aromatic rings. The fraction of sp³-hybridized carbons (Fsp3) is 0.650. The number of thioether (sulfide) groups is 1. The molecule has 1 N–H and O–H groups in total. The molecule has 8 heteroatoms. The first-order valence-corrected chi connectivity index (χ1v) is 12.2. The third-order valence-corrected chi connectivity index (χ3v) is 7.71. The molecule has 1 aromatic carbocycles. The number of hydrogen-bond donors (Lipinski definition) is 1. The first-order valence-electron chi connectivity index (χ1n) is 9.75. The number of sulfonamides is 1. The zero-order chi connectivity index (χ0) is 20.8. The number of amides is 1. The molecule has 0 spiro atoms. The van der Waals surface area contributed by atoms with Crippen molar-refractivity contribution in [1.29, 1.82) is 0 Å². The minimum absolute atomic E-state index is 0.129. The lowest BCUT2D eigenvalue weighted by molar-refractivity contribution is 0.0953. The number of benzene rings is 1. The third kappa shape index (κ3) is 6.39. The van der Waals surface area contributed by atoms with Gasteiger partial charge < -0.3 is 10.1 Å². The Balaban J connectivity index is 2.17. The van der Waals surface area contributed by atoms with Gasteiger partial charge in [0.1, 0.15) is 5.75 Å². The molecule has 1 heterocycles. The molecule has 1 fully saturated rings. The highest BCUT2D eigenvalue weighted by Crippen LogP contribution is 2.26. The molecule has 0 aromatic heterocycles. The summed E-state index contributed by atoms with van der Waals surface area (Å²) in [6.45, 7) is 7.94. The predicted octanol–water partition coefficient (Wildman–Crippen LogP) is 3.52. The van der Waals surface area contributed by atoms with Crippen LogP contribution in [-0.2, 0) is 10.0 Å². The van der Waals surface area contributed by atoms with E-state index in [4.69, 9.17) is 4.74 Å². The average Bonchev–Trinajstić information content (AvgIpc) is 2.93. The van der Waals surface area contributed by atoms with Crippen molar-refractivity contribution in [2.45, 2.75) is 56.1 Å². The smallest absolute Gasteiger partial charge is 0.255 e. The quantitative estimate of drug-likeness (QED) is 0.673. The number of rotatable bonds is 7. The Morgan fingerprint density at radius 3 is 2.39 bits per heavy atom. The normalized spacial score (nSPS) is 16.4. The maximum atomic E-state index is 13.0. The van der Waals surface area contributed by atoms with Crippen LogP contribution in [-0.4, -0.2) is 55.9 Å². The van der Waals surface area contributed by atoms with E-state index in [2.05, 4.69) is 26.1 Å². The van der Waals surface area contributed by atoms with Gasteiger partial charge in [-0.3, -0.25) is 4.79 Å². The summed E-state index contributed by atoms with van der Waals surface area (Å²) in [4.78, 5) is 12.8. The highest BCUT2D eigenvalue weighted by Gasteiger charge is 2.27. The van der Waals surface area contributed by atoms with Crippen molar-refractivity contribution in [2.75, 3.05) is 32.5 Å². The predicted molar refractivity (Wildman–Crippen MR) is 115 cm³/mol. The van der Waals surface area contributed by atoms with Gasteiger partial charge in [0.15, 0.2) is 0 Å². The van der Waals surface area contributed by atoms with Crippen LogP contribution in [0.15, 0.2) is 23.1 Å². The van der Waals surface area contributed by atoms with E-state index in [1.54, 1.807) is 17.8 Å². The van der Waals surface area contributed by atoms with Crippen molar-refractivity contribution >= 4 is 27.7 Å². The summed E-state index contributed by atoms with van der Waals surface area (Å²) in [5.74, 6) is 0.832. The first kappa shape index (κ1) is 23.0. The van der Waals surface area contributed by atoms with Crippen molar-refractivity contribution in [3.05, 3.63) is 23.8 Å². The van der Waals surface area contributed by atoms with E-state index in [9.17, 15) is 13.2 Å². The van der Waals surface area contributed by atoms with Crippen LogP contribution in [0.4, 0.5) is 0 Å². The number of nitrogens with zero attached hydrogens (tertiary/aromatic N) is 1. The molecule has 28 heavy (non-hydrogen) atoms. The first-order chi connectivity index (χ1) is 13.1. The minimum atomic E-state index is -3.62. The fourth-order valence-corrected chi connectivity index (χ4v) is 5.43. The summed E-state index contributed by atoms with van der Waals surface area (Å²) >= 11 is 1.76. The lowest BCUT2D eigenvalue weighted by atomic mass is 10.2. The molecule has 0 bridgehead atoms. The van der Waals surface area contributed by atoms with Gasteiger partial charge in [-0.05, 0) is 31.0 Å². The average molecular weight is 429 g/mol. The Morgan fingerprint density at radius 1 is 1.18 bits per heavy atom. The SMILES string of the molecule is COc1ccc(S(=O)(=O)N2CCCCCC2)cc1C(=O)NCCSC(C)(C)C. The van der Waals surface area contributed by atoms with Crippen molar-refractivity contribution in [3.8, 4) is 5.75 Å². The standard InChI is InChI=1S/C20H32N2O4S2/c1-20(2,3)27-14-11-21-19(23)17-15-16(9-10-18(17)26-4)28(24,25)22-12-7-5-6-8-13-22/h9-10,15H,5-8,11-14H2,1-4H3,(H,21,23). The number of carbonyl (C=O) groups is 1. The molecule has 6 nitrogen and oxygen atoms in total. The maximum absolute atomic E-state index is 13.0. The van der Waals surface area contributed by atoms with Gasteiger partial charge in [0.05, 0.1) is 17.6 Å². The highest BCUT2D eigenvalue weighted by atomic mass is 32.2. The Kier molecular flexibility index (Phi) is 8.21. The second-order valence-electron chi connectivity index (χ2n) is 7.90. The monoisotopic (exact) mass is 428 g/mol. The molecule has 0 saturated carbocycles. The fourth-order valence-electron chi connectivity index (χ4n) is 3.07. The summed E-state index contributed by atoms with van der Waals surface area (Å²) < 4.78 is 33.0. The zero-order valence-electron chi connectivity index (χ0n) is 17.3. The van der Waals surface area contributed by atoms with E-state index >= 15 is 0 Å². The Bertz CT molecular complexity index is 765. The van der Waals surface area contributed by atoms with Gasteiger partial charge in [-0.2, -0.15) is 16.1 Å². The van der Waals surface area contributed by atoms with Gasteiger partial charge in [-0.25, -0.2) is 8.42 Å². The molecule has 2 rings (SSSR count). The van der Waals surface area contributed by atoms with Gasteiger partial charge in [-0.15, -0.1) is 0 Å². The Hall–Kier alpha value is -1.25. The van der Waals surface area contributed by atoms with Crippen LogP contribution in [0.3, 0.4) is 0 Å². The molecular weight excluding hydrogens is 396 g/mol. The number of nitrogens with one attached hydrogen (secondary N) is 1. The van der Waals surface area contributed by atoms with E-state index in [-0.39, 0.29) is 21.1 Å². The molecule has 1 aliphatic rings. The molecule has 158 valence electrons. The molecule has 0 aliphatic carbocycles. The molecule has 0 atom stereocenters. The summed E-state index contributed by atoms with van der Waals surface area (Å²) in [6.07, 6.45) is 3.84. The Morgan fingerprint density at radius 2 is 1.82 bits per heavy atom. The van der Waals surface area contributed by atoms with Crippen molar-refractivity contribution in [3.63, 3.8) is 0 Å². The minimum Gasteiger partial charge on any atom is -0.496 e.